The topological polar surface area (TPSA) is 237 Å². The van der Waals surface area contributed by atoms with Gasteiger partial charge in [-0.1, -0.05) is 395 Å². The van der Waals surface area contributed by atoms with E-state index in [2.05, 4.69) is 41.5 Å². The summed E-state index contributed by atoms with van der Waals surface area (Å²) >= 11 is 0. The first-order chi connectivity index (χ1) is 49.9. The van der Waals surface area contributed by atoms with Crippen LogP contribution < -0.4 is 0 Å². The van der Waals surface area contributed by atoms with Gasteiger partial charge in [-0.15, -0.1) is 0 Å². The van der Waals surface area contributed by atoms with Crippen molar-refractivity contribution >= 4 is 39.5 Å². The van der Waals surface area contributed by atoms with Gasteiger partial charge in [-0.3, -0.25) is 37.3 Å². The third kappa shape index (κ3) is 78.0. The Morgan fingerprint density at radius 1 is 0.262 bits per heavy atom. The fraction of sp³-hybridized carbons (Fsp3) is 0.952. The molecule has 0 saturated heterocycles. The lowest BCUT2D eigenvalue weighted by Crippen LogP contribution is -2.30. The highest BCUT2D eigenvalue weighted by molar-refractivity contribution is 7.47. The van der Waals surface area contributed by atoms with Crippen LogP contribution in [0.4, 0.5) is 0 Å². The predicted molar refractivity (Wildman–Crippen MR) is 423 cm³/mol. The van der Waals surface area contributed by atoms with Crippen LogP contribution in [0.15, 0.2) is 0 Å². The van der Waals surface area contributed by atoms with Crippen LogP contribution in [-0.4, -0.2) is 96.7 Å². The van der Waals surface area contributed by atoms with E-state index in [9.17, 15) is 43.2 Å². The van der Waals surface area contributed by atoms with E-state index in [0.29, 0.717) is 25.7 Å². The summed E-state index contributed by atoms with van der Waals surface area (Å²) in [6, 6.07) is 0. The highest BCUT2D eigenvalue weighted by Gasteiger charge is 2.30. The molecule has 0 radical (unpaired) electrons. The zero-order valence-corrected chi connectivity index (χ0v) is 69.4. The Morgan fingerprint density at radius 3 is 0.660 bits per heavy atom. The molecule has 0 aromatic rings. The minimum Gasteiger partial charge on any atom is -0.462 e. The van der Waals surface area contributed by atoms with Crippen LogP contribution in [0, 0.1) is 11.8 Å². The maximum atomic E-state index is 13.1. The first-order valence-corrected chi connectivity index (χ1v) is 46.5. The fourth-order valence-corrected chi connectivity index (χ4v) is 14.6. The Hall–Kier alpha value is -1.94. The van der Waals surface area contributed by atoms with Crippen molar-refractivity contribution in [3.05, 3.63) is 0 Å². The molecule has 0 amide bonds. The van der Waals surface area contributed by atoms with E-state index < -0.39 is 97.5 Å². The van der Waals surface area contributed by atoms with Crippen molar-refractivity contribution in [3.63, 3.8) is 0 Å². The second-order valence-electron chi connectivity index (χ2n) is 31.2. The molecule has 0 saturated carbocycles. The van der Waals surface area contributed by atoms with Crippen molar-refractivity contribution in [2.75, 3.05) is 39.6 Å². The van der Waals surface area contributed by atoms with Gasteiger partial charge in [-0.25, -0.2) is 9.13 Å². The number of aliphatic hydroxyl groups is 1. The third-order valence-corrected chi connectivity index (χ3v) is 21.6. The predicted octanol–water partition coefficient (Wildman–Crippen LogP) is 25.5. The number of hydrogen-bond donors (Lipinski definition) is 3. The monoisotopic (exact) mass is 1510 g/mol. The maximum Gasteiger partial charge on any atom is 0.472 e. The number of phosphoric ester groups is 2. The van der Waals surface area contributed by atoms with Gasteiger partial charge in [0.25, 0.3) is 0 Å². The molecule has 0 aliphatic rings. The number of aliphatic hydroxyl groups excluding tert-OH is 1. The summed E-state index contributed by atoms with van der Waals surface area (Å²) in [4.78, 5) is 73.1. The van der Waals surface area contributed by atoms with Crippen LogP contribution in [0.1, 0.15) is 446 Å². The molecule has 5 atom stereocenters. The summed E-state index contributed by atoms with van der Waals surface area (Å²) in [5.74, 6) is -0.563. The number of carbonyl (C=O) groups excluding carboxylic acids is 4. The lowest BCUT2D eigenvalue weighted by molar-refractivity contribution is -0.161. The van der Waals surface area contributed by atoms with Gasteiger partial charge < -0.3 is 33.8 Å². The van der Waals surface area contributed by atoms with Gasteiger partial charge in [-0.2, -0.15) is 0 Å². The molecule has 17 nitrogen and oxygen atoms in total. The molecule has 0 spiro atoms. The molecule has 103 heavy (non-hydrogen) atoms. The Labute approximate surface area is 632 Å². The number of phosphoric acid groups is 2. The second kappa shape index (κ2) is 75.5. The molecule has 0 aliphatic heterocycles. The lowest BCUT2D eigenvalue weighted by atomic mass is 10.0. The number of rotatable bonds is 83. The molecule has 0 rings (SSSR count). The Kier molecular flexibility index (Phi) is 74.1. The molecule has 3 N–H and O–H groups in total. The van der Waals surface area contributed by atoms with Crippen LogP contribution in [0.3, 0.4) is 0 Å². The van der Waals surface area contributed by atoms with Gasteiger partial charge in [-0.05, 0) is 37.5 Å². The van der Waals surface area contributed by atoms with E-state index >= 15 is 0 Å². The Morgan fingerprint density at radius 2 is 0.447 bits per heavy atom. The van der Waals surface area contributed by atoms with E-state index in [1.165, 1.54) is 263 Å². The molecule has 0 aromatic heterocycles. The molecule has 19 heteroatoms. The zero-order chi connectivity index (χ0) is 75.6. The second-order valence-corrected chi connectivity index (χ2v) is 34.1. The highest BCUT2D eigenvalue weighted by Crippen LogP contribution is 2.45. The van der Waals surface area contributed by atoms with Gasteiger partial charge in [0, 0.05) is 25.7 Å². The highest BCUT2D eigenvalue weighted by atomic mass is 31.2. The van der Waals surface area contributed by atoms with E-state index in [1.54, 1.807) is 0 Å². The standard InChI is InChI=1S/C84H164O17P2/c1-7-9-11-13-15-17-19-20-21-22-23-24-25-26-27-30-34-38-44-50-56-62-68-83(88)100-79(72-95-82(87)67-61-55-49-43-37-33-31-28-29-32-36-40-46-52-58-64-76(3)4)74-98-102(90,91)96-70-78(85)71-97-103(92,93)99-75-80(73-94-81(86)66-60-54-48-42-35-18-16-14-12-10-8-2)101-84(89)69-63-57-51-45-39-41-47-53-59-65-77(5)6/h76-80,85H,7-75H2,1-6H3,(H,90,91)(H,92,93)/t78-,79-,80-/m1/s1. The van der Waals surface area contributed by atoms with Gasteiger partial charge in [0.05, 0.1) is 26.4 Å². The van der Waals surface area contributed by atoms with Crippen LogP contribution in [0.25, 0.3) is 0 Å². The first-order valence-electron chi connectivity index (χ1n) is 43.5. The third-order valence-electron chi connectivity index (χ3n) is 19.7. The summed E-state index contributed by atoms with van der Waals surface area (Å²) in [5, 5.41) is 10.7. The molecule has 0 aromatic carbocycles. The van der Waals surface area contributed by atoms with E-state index in [0.717, 1.165) is 102 Å². The summed E-state index contributed by atoms with van der Waals surface area (Å²) in [6.07, 6.45) is 66.7. The maximum absolute atomic E-state index is 13.1. The molecule has 0 heterocycles. The normalized spacial score (nSPS) is 13.9. The van der Waals surface area contributed by atoms with Crippen molar-refractivity contribution in [2.24, 2.45) is 11.8 Å². The molecule has 0 fully saturated rings. The number of hydrogen-bond acceptors (Lipinski definition) is 15. The molecular formula is C84H164O17P2. The zero-order valence-electron chi connectivity index (χ0n) is 67.6. The average molecular weight is 1510 g/mol. The summed E-state index contributed by atoms with van der Waals surface area (Å²) in [7, 11) is -9.92. The van der Waals surface area contributed by atoms with Crippen LogP contribution in [0.2, 0.25) is 0 Å². The average Bonchev–Trinajstić information content (AvgIpc) is 1.14. The molecular weight excluding hydrogens is 1340 g/mol. The van der Waals surface area contributed by atoms with Crippen LogP contribution >= 0.6 is 15.6 Å². The number of ether oxygens (including phenoxy) is 4. The first kappa shape index (κ1) is 101. The van der Waals surface area contributed by atoms with Crippen molar-refractivity contribution in [1.29, 1.82) is 0 Å². The van der Waals surface area contributed by atoms with Gasteiger partial charge in [0.1, 0.15) is 19.3 Å². The smallest absolute Gasteiger partial charge is 0.462 e. The molecule has 2 unspecified atom stereocenters. The number of esters is 4. The van der Waals surface area contributed by atoms with Crippen molar-refractivity contribution in [2.45, 2.75) is 464 Å². The quantitative estimate of drug-likeness (QED) is 0.0222. The van der Waals surface area contributed by atoms with Gasteiger partial charge in [0.15, 0.2) is 12.2 Å². The van der Waals surface area contributed by atoms with E-state index in [1.807, 2.05) is 0 Å². The summed E-state index contributed by atoms with van der Waals surface area (Å²) < 4.78 is 68.8. The molecule has 0 bridgehead atoms. The van der Waals surface area contributed by atoms with Gasteiger partial charge in [0.2, 0.25) is 0 Å². The van der Waals surface area contributed by atoms with Crippen molar-refractivity contribution < 1.29 is 80.2 Å². The minimum absolute atomic E-state index is 0.106. The van der Waals surface area contributed by atoms with E-state index in [4.69, 9.17) is 37.0 Å². The van der Waals surface area contributed by atoms with E-state index in [-0.39, 0.29) is 25.7 Å². The molecule has 612 valence electrons. The number of carbonyl (C=O) groups is 4. The van der Waals surface area contributed by atoms with Crippen molar-refractivity contribution in [3.8, 4) is 0 Å². The Bertz CT molecular complexity index is 1980. The minimum atomic E-state index is -4.96. The summed E-state index contributed by atoms with van der Waals surface area (Å²) in [6.45, 7) is 9.65. The SMILES string of the molecule is CCCCCCCCCCCCCCCCCCCCCCCCC(=O)O[C@H](COC(=O)CCCCCCCCCCCCCCCCCC(C)C)COP(=O)(O)OC[C@@H](O)COP(=O)(O)OC[C@@H](COC(=O)CCCCCCCCCCCCC)OC(=O)CCCCCCCCCCCC(C)C. The molecule has 0 aliphatic carbocycles. The lowest BCUT2D eigenvalue weighted by Gasteiger charge is -2.21. The van der Waals surface area contributed by atoms with Gasteiger partial charge >= 0.3 is 39.5 Å². The van der Waals surface area contributed by atoms with Crippen LogP contribution in [0.5, 0.6) is 0 Å². The van der Waals surface area contributed by atoms with Crippen LogP contribution in [-0.2, 0) is 65.4 Å². The largest absolute Gasteiger partial charge is 0.472 e. The Balaban J connectivity index is 5.21. The fourth-order valence-electron chi connectivity index (χ4n) is 13.1. The number of unbranched alkanes of at least 4 members (excludes halogenated alkanes) is 53. The summed E-state index contributed by atoms with van der Waals surface area (Å²) in [5.41, 5.74) is 0. The van der Waals surface area contributed by atoms with Crippen molar-refractivity contribution in [1.82, 2.24) is 0 Å².